The molecule has 1 atom stereocenters. The number of nitrogen functional groups attached to an aromatic ring is 1. The first-order valence-electron chi connectivity index (χ1n) is 8.52. The minimum Gasteiger partial charge on any atom is -0.462 e. The molecule has 25 heavy (non-hydrogen) atoms. The summed E-state index contributed by atoms with van der Waals surface area (Å²) in [6.45, 7) is 3.34. The summed E-state index contributed by atoms with van der Waals surface area (Å²) in [5, 5.41) is 0. The highest BCUT2D eigenvalue weighted by Crippen LogP contribution is 2.30. The van der Waals surface area contributed by atoms with Crippen LogP contribution in [0.4, 0.5) is 5.82 Å². The molecule has 7 heteroatoms. The van der Waals surface area contributed by atoms with Gasteiger partial charge in [0.1, 0.15) is 16.9 Å². The Balaban J connectivity index is 1.93. The zero-order valence-corrected chi connectivity index (χ0v) is 14.1. The van der Waals surface area contributed by atoms with Crippen LogP contribution in [-0.4, -0.2) is 39.8 Å². The van der Waals surface area contributed by atoms with E-state index in [0.29, 0.717) is 23.5 Å². The maximum atomic E-state index is 12.5. The summed E-state index contributed by atoms with van der Waals surface area (Å²) in [4.78, 5) is 21.8. The van der Waals surface area contributed by atoms with Crippen LogP contribution in [0.15, 0.2) is 24.3 Å². The smallest absolute Gasteiger partial charge is 0.344 e. The zero-order chi connectivity index (χ0) is 17.4. The molecule has 2 aromatic heterocycles. The molecule has 1 aliphatic rings. The van der Waals surface area contributed by atoms with Crippen molar-refractivity contribution in [2.24, 2.45) is 0 Å². The number of nitrogens with two attached hydrogens (primary N) is 1. The van der Waals surface area contributed by atoms with Gasteiger partial charge in [-0.1, -0.05) is 12.1 Å². The molecule has 0 aliphatic carbocycles. The summed E-state index contributed by atoms with van der Waals surface area (Å²) in [6, 6.07) is 7.56. The fraction of sp³-hybridized carbons (Fsp3) is 0.389. The van der Waals surface area contributed by atoms with Crippen LogP contribution >= 0.6 is 0 Å². The van der Waals surface area contributed by atoms with E-state index in [2.05, 4.69) is 4.98 Å². The molecule has 0 radical (unpaired) electrons. The summed E-state index contributed by atoms with van der Waals surface area (Å²) in [5.41, 5.74) is 9.15. The molecule has 0 amide bonds. The van der Waals surface area contributed by atoms with E-state index in [1.165, 1.54) is 0 Å². The highest BCUT2D eigenvalue weighted by molar-refractivity contribution is 6.08. The van der Waals surface area contributed by atoms with Gasteiger partial charge in [0, 0.05) is 6.61 Å². The Bertz CT molecular complexity index is 944. The van der Waals surface area contributed by atoms with E-state index in [9.17, 15) is 4.79 Å². The van der Waals surface area contributed by atoms with Crippen molar-refractivity contribution in [2.45, 2.75) is 32.4 Å². The van der Waals surface area contributed by atoms with Gasteiger partial charge >= 0.3 is 5.97 Å². The molecular formula is C18H20N4O3. The van der Waals surface area contributed by atoms with Crippen LogP contribution in [0.25, 0.3) is 22.2 Å². The van der Waals surface area contributed by atoms with E-state index in [4.69, 9.17) is 20.2 Å². The number of ether oxygens (including phenoxy) is 2. The van der Waals surface area contributed by atoms with Crippen LogP contribution in [0.5, 0.6) is 0 Å². The first-order chi connectivity index (χ1) is 12.2. The van der Waals surface area contributed by atoms with Crippen molar-refractivity contribution in [3.8, 4) is 0 Å². The molecular weight excluding hydrogens is 320 g/mol. The molecule has 1 aromatic carbocycles. The number of carbonyl (C=O) groups excluding carboxylic acids is 1. The molecule has 3 heterocycles. The third-order valence-electron chi connectivity index (χ3n) is 4.48. The quantitative estimate of drug-likeness (QED) is 0.734. The maximum Gasteiger partial charge on any atom is 0.344 e. The standard InChI is InChI=1S/C18H20N4O3/c1-2-24-18(23)14-15-17(21-13-8-4-3-7-12(13)20-15)22(16(14)19)10-11-6-5-9-25-11/h3-4,7-8,11H,2,5-6,9-10,19H2,1H3/t11-/m1/s1. The molecule has 1 aliphatic heterocycles. The Hall–Kier alpha value is -2.67. The number of hydrogen-bond donors (Lipinski definition) is 1. The van der Waals surface area contributed by atoms with E-state index < -0.39 is 5.97 Å². The van der Waals surface area contributed by atoms with Gasteiger partial charge in [0.25, 0.3) is 0 Å². The Kier molecular flexibility index (Phi) is 4.01. The summed E-state index contributed by atoms with van der Waals surface area (Å²) >= 11 is 0. The number of nitrogens with zero attached hydrogens (tertiary/aromatic N) is 3. The van der Waals surface area contributed by atoms with Crippen LogP contribution in [0, 0.1) is 0 Å². The molecule has 0 saturated carbocycles. The zero-order valence-electron chi connectivity index (χ0n) is 14.1. The van der Waals surface area contributed by atoms with Crippen molar-refractivity contribution >= 4 is 34.0 Å². The molecule has 0 unspecified atom stereocenters. The third-order valence-corrected chi connectivity index (χ3v) is 4.48. The van der Waals surface area contributed by atoms with E-state index in [1.54, 1.807) is 6.92 Å². The van der Waals surface area contributed by atoms with Crippen molar-refractivity contribution in [3.63, 3.8) is 0 Å². The lowest BCUT2D eigenvalue weighted by Crippen LogP contribution is -2.17. The van der Waals surface area contributed by atoms with E-state index >= 15 is 0 Å². The van der Waals surface area contributed by atoms with Crippen molar-refractivity contribution in [3.05, 3.63) is 29.8 Å². The number of benzene rings is 1. The molecule has 0 spiro atoms. The van der Waals surface area contributed by atoms with Gasteiger partial charge in [-0.25, -0.2) is 14.8 Å². The number of para-hydroxylation sites is 2. The topological polar surface area (TPSA) is 92.3 Å². The van der Waals surface area contributed by atoms with Gasteiger partial charge < -0.3 is 19.8 Å². The molecule has 3 aromatic rings. The van der Waals surface area contributed by atoms with E-state index in [-0.39, 0.29) is 18.3 Å². The van der Waals surface area contributed by atoms with Crippen LogP contribution in [0.3, 0.4) is 0 Å². The molecule has 1 fully saturated rings. The number of aromatic nitrogens is 3. The highest BCUT2D eigenvalue weighted by Gasteiger charge is 2.27. The van der Waals surface area contributed by atoms with Gasteiger partial charge in [-0.05, 0) is 31.9 Å². The van der Waals surface area contributed by atoms with Gasteiger partial charge in [-0.2, -0.15) is 0 Å². The lowest BCUT2D eigenvalue weighted by atomic mass is 10.2. The Morgan fingerprint density at radius 1 is 1.36 bits per heavy atom. The Morgan fingerprint density at radius 3 is 2.80 bits per heavy atom. The van der Waals surface area contributed by atoms with Crippen molar-refractivity contribution < 1.29 is 14.3 Å². The average Bonchev–Trinajstić information content (AvgIpc) is 3.21. The molecule has 4 rings (SSSR count). The minimum atomic E-state index is -0.472. The number of rotatable bonds is 4. The number of esters is 1. The number of anilines is 1. The predicted molar refractivity (Wildman–Crippen MR) is 94.4 cm³/mol. The number of hydrogen-bond acceptors (Lipinski definition) is 6. The maximum absolute atomic E-state index is 12.5. The second-order valence-electron chi connectivity index (χ2n) is 6.11. The fourth-order valence-electron chi connectivity index (χ4n) is 3.30. The predicted octanol–water partition coefficient (Wildman–Crippen LogP) is 2.52. The molecule has 0 bridgehead atoms. The van der Waals surface area contributed by atoms with E-state index in [0.717, 1.165) is 30.5 Å². The Labute approximate surface area is 144 Å². The second kappa shape index (κ2) is 6.33. The second-order valence-corrected chi connectivity index (χ2v) is 6.11. The van der Waals surface area contributed by atoms with Crippen molar-refractivity contribution in [2.75, 3.05) is 18.9 Å². The SMILES string of the molecule is CCOC(=O)c1c(N)n(C[C@H]2CCCO2)c2nc3ccccc3nc12. The summed E-state index contributed by atoms with van der Waals surface area (Å²) in [7, 11) is 0. The van der Waals surface area contributed by atoms with Crippen LogP contribution in [0.2, 0.25) is 0 Å². The van der Waals surface area contributed by atoms with Gasteiger partial charge in [0.05, 0.1) is 30.3 Å². The molecule has 7 nitrogen and oxygen atoms in total. The third kappa shape index (κ3) is 2.70. The van der Waals surface area contributed by atoms with Gasteiger partial charge in [-0.3, -0.25) is 0 Å². The van der Waals surface area contributed by atoms with Gasteiger partial charge in [0.2, 0.25) is 0 Å². The van der Waals surface area contributed by atoms with Crippen LogP contribution in [-0.2, 0) is 16.0 Å². The van der Waals surface area contributed by atoms with Crippen molar-refractivity contribution in [1.29, 1.82) is 0 Å². The largest absolute Gasteiger partial charge is 0.462 e. The summed E-state index contributed by atoms with van der Waals surface area (Å²) in [5.74, 6) is -0.139. The average molecular weight is 340 g/mol. The monoisotopic (exact) mass is 340 g/mol. The van der Waals surface area contributed by atoms with Crippen molar-refractivity contribution in [1.82, 2.24) is 14.5 Å². The lowest BCUT2D eigenvalue weighted by molar-refractivity contribution is 0.0529. The first-order valence-corrected chi connectivity index (χ1v) is 8.52. The summed E-state index contributed by atoms with van der Waals surface area (Å²) < 4.78 is 12.7. The van der Waals surface area contributed by atoms with Crippen LogP contribution in [0.1, 0.15) is 30.1 Å². The normalized spacial score (nSPS) is 17.4. The van der Waals surface area contributed by atoms with E-state index in [1.807, 2.05) is 28.8 Å². The van der Waals surface area contributed by atoms with Gasteiger partial charge in [0.15, 0.2) is 5.65 Å². The number of carbonyl (C=O) groups is 1. The highest BCUT2D eigenvalue weighted by atomic mass is 16.5. The lowest BCUT2D eigenvalue weighted by Gasteiger charge is -2.13. The molecule has 2 N–H and O–H groups in total. The summed E-state index contributed by atoms with van der Waals surface area (Å²) in [6.07, 6.45) is 2.07. The Morgan fingerprint density at radius 2 is 2.12 bits per heavy atom. The number of fused-ring (bicyclic) bond motifs is 2. The minimum absolute atomic E-state index is 0.0706. The van der Waals surface area contributed by atoms with Gasteiger partial charge in [-0.15, -0.1) is 0 Å². The van der Waals surface area contributed by atoms with Crippen LogP contribution < -0.4 is 5.73 Å². The molecule has 130 valence electrons. The fourth-order valence-corrected chi connectivity index (χ4v) is 3.30. The molecule has 1 saturated heterocycles. The first kappa shape index (κ1) is 15.8.